The second kappa shape index (κ2) is 4.49. The largest absolute Gasteiger partial charge is 0.335 e. The number of nitrogens with one attached hydrogen (secondary N) is 1. The molecule has 4 nitrogen and oxygen atoms in total. The van der Waals surface area contributed by atoms with Crippen LogP contribution in [0.3, 0.4) is 0 Å². The maximum absolute atomic E-state index is 13.4. The average molecular weight is 241 g/mol. The van der Waals surface area contributed by atoms with Crippen LogP contribution in [0.1, 0.15) is 6.92 Å². The normalized spacial score (nSPS) is 10.4. The Kier molecular flexibility index (Phi) is 3.05. The first kappa shape index (κ1) is 10.9. The van der Waals surface area contributed by atoms with Crippen LogP contribution in [0.15, 0.2) is 24.7 Å². The summed E-state index contributed by atoms with van der Waals surface area (Å²) in [6, 6.07) is 1.21. The molecule has 0 spiro atoms. The van der Waals surface area contributed by atoms with Crippen LogP contribution in [-0.4, -0.2) is 14.8 Å². The fraction of sp³-hybridized carbons (Fsp3) is 0.200. The van der Waals surface area contributed by atoms with E-state index in [0.717, 1.165) is 6.54 Å². The number of anilines is 2. The minimum Gasteiger partial charge on any atom is -0.335 e. The third kappa shape index (κ3) is 2.30. The molecule has 0 amide bonds. The van der Waals surface area contributed by atoms with Crippen molar-refractivity contribution in [1.29, 1.82) is 0 Å². The summed E-state index contributed by atoms with van der Waals surface area (Å²) < 4.78 is 15.1. The zero-order valence-corrected chi connectivity index (χ0v) is 9.37. The Morgan fingerprint density at radius 2 is 2.31 bits per heavy atom. The molecule has 0 saturated heterocycles. The van der Waals surface area contributed by atoms with E-state index in [9.17, 15) is 4.39 Å². The molecular formula is C10H10ClFN4. The van der Waals surface area contributed by atoms with E-state index < -0.39 is 5.82 Å². The van der Waals surface area contributed by atoms with Crippen molar-refractivity contribution in [2.45, 2.75) is 13.5 Å². The molecular weight excluding hydrogens is 231 g/mol. The van der Waals surface area contributed by atoms with Crippen molar-refractivity contribution in [2.24, 2.45) is 0 Å². The fourth-order valence-corrected chi connectivity index (χ4v) is 1.39. The molecule has 0 atom stereocenters. The zero-order valence-electron chi connectivity index (χ0n) is 8.61. The monoisotopic (exact) mass is 240 g/mol. The Balaban J connectivity index is 2.20. The molecule has 0 aromatic carbocycles. The second-order valence-corrected chi connectivity index (χ2v) is 3.63. The van der Waals surface area contributed by atoms with E-state index in [1.54, 1.807) is 17.1 Å². The fourth-order valence-electron chi connectivity index (χ4n) is 1.24. The molecule has 0 radical (unpaired) electrons. The molecule has 2 rings (SSSR count). The maximum Gasteiger partial charge on any atom is 0.167 e. The lowest BCUT2D eigenvalue weighted by molar-refractivity contribution is 0.626. The van der Waals surface area contributed by atoms with E-state index in [2.05, 4.69) is 15.4 Å². The van der Waals surface area contributed by atoms with E-state index >= 15 is 0 Å². The Bertz CT molecular complexity index is 497. The van der Waals surface area contributed by atoms with Crippen molar-refractivity contribution in [3.05, 3.63) is 35.5 Å². The lowest BCUT2D eigenvalue weighted by Crippen LogP contribution is -1.96. The zero-order chi connectivity index (χ0) is 11.5. The third-order valence-corrected chi connectivity index (χ3v) is 2.23. The van der Waals surface area contributed by atoms with Gasteiger partial charge in [0.2, 0.25) is 0 Å². The van der Waals surface area contributed by atoms with Gasteiger partial charge in [0.25, 0.3) is 0 Å². The van der Waals surface area contributed by atoms with Gasteiger partial charge in [0.05, 0.1) is 16.9 Å². The Hall–Kier alpha value is -1.62. The molecule has 6 heteroatoms. The molecule has 1 N–H and O–H groups in total. The van der Waals surface area contributed by atoms with E-state index in [0.29, 0.717) is 5.69 Å². The summed E-state index contributed by atoms with van der Waals surface area (Å²) in [6.07, 6.45) is 4.77. The first-order valence-corrected chi connectivity index (χ1v) is 5.17. The number of nitrogens with zero attached hydrogens (tertiary/aromatic N) is 3. The first-order valence-electron chi connectivity index (χ1n) is 4.79. The van der Waals surface area contributed by atoms with Crippen LogP contribution in [0.5, 0.6) is 0 Å². The van der Waals surface area contributed by atoms with Crippen molar-refractivity contribution < 1.29 is 4.39 Å². The first-order chi connectivity index (χ1) is 7.69. The van der Waals surface area contributed by atoms with Crippen molar-refractivity contribution in [3.63, 3.8) is 0 Å². The molecule has 0 fully saturated rings. The Labute approximate surface area is 97.1 Å². The van der Waals surface area contributed by atoms with Gasteiger partial charge in [-0.2, -0.15) is 5.10 Å². The summed E-state index contributed by atoms with van der Waals surface area (Å²) >= 11 is 5.60. The van der Waals surface area contributed by atoms with Crippen LogP contribution in [0.25, 0.3) is 0 Å². The molecule has 0 aliphatic carbocycles. The van der Waals surface area contributed by atoms with E-state index in [-0.39, 0.29) is 10.8 Å². The molecule has 2 heterocycles. The number of aromatic nitrogens is 3. The SMILES string of the molecule is CCn1cc(Nc2ncc(Cl)cc2F)cn1. The van der Waals surface area contributed by atoms with Crippen LogP contribution < -0.4 is 5.32 Å². The number of pyridine rings is 1. The second-order valence-electron chi connectivity index (χ2n) is 3.19. The minimum atomic E-state index is -0.489. The van der Waals surface area contributed by atoms with E-state index in [4.69, 9.17) is 11.6 Å². The van der Waals surface area contributed by atoms with Crippen molar-refractivity contribution in [2.75, 3.05) is 5.32 Å². The van der Waals surface area contributed by atoms with Crippen LogP contribution in [-0.2, 0) is 6.54 Å². The predicted octanol–water partition coefficient (Wildman–Crippen LogP) is 2.83. The van der Waals surface area contributed by atoms with Crippen molar-refractivity contribution in [1.82, 2.24) is 14.8 Å². The summed E-state index contributed by atoms with van der Waals surface area (Å²) in [5, 5.41) is 7.15. The Morgan fingerprint density at radius 3 is 2.94 bits per heavy atom. The number of rotatable bonds is 3. The van der Waals surface area contributed by atoms with Gasteiger partial charge in [-0.05, 0) is 13.0 Å². The van der Waals surface area contributed by atoms with Crippen LogP contribution in [0.4, 0.5) is 15.9 Å². The molecule has 0 bridgehead atoms. The standard InChI is InChI=1S/C10H10ClFN4/c1-2-16-6-8(5-14-16)15-10-9(12)3-7(11)4-13-10/h3-6H,2H2,1H3,(H,13,15). The molecule has 2 aromatic rings. The molecule has 84 valence electrons. The van der Waals surface area contributed by atoms with E-state index in [1.807, 2.05) is 6.92 Å². The minimum absolute atomic E-state index is 0.139. The molecule has 0 saturated carbocycles. The van der Waals surface area contributed by atoms with Crippen LogP contribution >= 0.6 is 11.6 Å². The average Bonchev–Trinajstić information content (AvgIpc) is 2.70. The summed E-state index contributed by atoms with van der Waals surface area (Å²) in [5.41, 5.74) is 0.690. The van der Waals surface area contributed by atoms with Gasteiger partial charge in [0.1, 0.15) is 0 Å². The van der Waals surface area contributed by atoms with Gasteiger partial charge in [-0.3, -0.25) is 4.68 Å². The van der Waals surface area contributed by atoms with Gasteiger partial charge in [-0.1, -0.05) is 11.6 Å². The molecule has 0 unspecified atom stereocenters. The van der Waals surface area contributed by atoms with Gasteiger partial charge < -0.3 is 5.32 Å². The van der Waals surface area contributed by atoms with Gasteiger partial charge in [0.15, 0.2) is 11.6 Å². The number of hydrogen-bond acceptors (Lipinski definition) is 3. The highest BCUT2D eigenvalue weighted by molar-refractivity contribution is 6.30. The smallest absolute Gasteiger partial charge is 0.167 e. The Morgan fingerprint density at radius 1 is 1.50 bits per heavy atom. The highest BCUT2D eigenvalue weighted by Gasteiger charge is 2.05. The van der Waals surface area contributed by atoms with Gasteiger partial charge in [0, 0.05) is 18.9 Å². The topological polar surface area (TPSA) is 42.7 Å². The predicted molar refractivity (Wildman–Crippen MR) is 60.4 cm³/mol. The molecule has 0 aliphatic rings. The summed E-state index contributed by atoms with van der Waals surface area (Å²) in [6.45, 7) is 2.73. The summed E-state index contributed by atoms with van der Waals surface area (Å²) in [5.74, 6) is -0.350. The van der Waals surface area contributed by atoms with Gasteiger partial charge in [-0.15, -0.1) is 0 Å². The lowest BCUT2D eigenvalue weighted by atomic mass is 10.4. The molecule has 0 aliphatic heterocycles. The van der Waals surface area contributed by atoms with Crippen molar-refractivity contribution in [3.8, 4) is 0 Å². The maximum atomic E-state index is 13.4. The number of halogens is 2. The van der Waals surface area contributed by atoms with Crippen LogP contribution in [0.2, 0.25) is 5.02 Å². The quantitative estimate of drug-likeness (QED) is 0.897. The summed E-state index contributed by atoms with van der Waals surface area (Å²) in [4.78, 5) is 3.85. The molecule has 2 aromatic heterocycles. The van der Waals surface area contributed by atoms with E-state index in [1.165, 1.54) is 12.3 Å². The van der Waals surface area contributed by atoms with Gasteiger partial charge >= 0.3 is 0 Å². The highest BCUT2D eigenvalue weighted by atomic mass is 35.5. The summed E-state index contributed by atoms with van der Waals surface area (Å²) in [7, 11) is 0. The molecule has 16 heavy (non-hydrogen) atoms. The van der Waals surface area contributed by atoms with Crippen molar-refractivity contribution >= 4 is 23.1 Å². The third-order valence-electron chi connectivity index (χ3n) is 2.03. The lowest BCUT2D eigenvalue weighted by Gasteiger charge is -2.03. The van der Waals surface area contributed by atoms with Crippen LogP contribution in [0, 0.1) is 5.82 Å². The highest BCUT2D eigenvalue weighted by Crippen LogP contribution is 2.19. The number of hydrogen-bond donors (Lipinski definition) is 1. The van der Waals surface area contributed by atoms with Gasteiger partial charge in [-0.25, -0.2) is 9.37 Å². The number of aryl methyl sites for hydroxylation is 1.